The molecule has 30 heavy (non-hydrogen) atoms. The van der Waals surface area contributed by atoms with Crippen LogP contribution in [0, 0.1) is 0 Å². The molecule has 0 spiro atoms. The van der Waals surface area contributed by atoms with Crippen LogP contribution in [0.4, 0.5) is 0 Å². The number of amides is 1. The minimum absolute atomic E-state index is 0.285. The zero-order valence-corrected chi connectivity index (χ0v) is 17.8. The van der Waals surface area contributed by atoms with Gasteiger partial charge in [-0.1, -0.05) is 59.1 Å². The first-order chi connectivity index (χ1) is 14.5. The number of nitrogens with one attached hydrogen (secondary N) is 1. The average molecular weight is 458 g/mol. The Bertz CT molecular complexity index is 1210. The lowest BCUT2D eigenvalue weighted by Gasteiger charge is -2.09. The molecule has 2 heterocycles. The van der Waals surface area contributed by atoms with Gasteiger partial charge in [-0.3, -0.25) is 9.78 Å². The van der Waals surface area contributed by atoms with Crippen molar-refractivity contribution in [2.45, 2.75) is 6.54 Å². The molecule has 0 fully saturated rings. The van der Waals surface area contributed by atoms with Gasteiger partial charge in [0.1, 0.15) is 5.69 Å². The second-order valence-corrected chi connectivity index (χ2v) is 7.63. The topological polar surface area (TPSA) is 59.8 Å². The largest absolute Gasteiger partial charge is 0.345 e. The number of benzene rings is 2. The normalized spacial score (nSPS) is 10.8. The maximum atomic E-state index is 13.0. The number of pyridine rings is 1. The van der Waals surface area contributed by atoms with Crippen LogP contribution in [0.2, 0.25) is 15.1 Å². The molecule has 8 heteroatoms. The predicted molar refractivity (Wildman–Crippen MR) is 119 cm³/mol. The number of aromatic nitrogens is 3. The maximum absolute atomic E-state index is 13.0. The second kappa shape index (κ2) is 8.88. The van der Waals surface area contributed by atoms with E-state index in [4.69, 9.17) is 34.8 Å². The summed E-state index contributed by atoms with van der Waals surface area (Å²) in [6.45, 7) is 0.285. The summed E-state index contributed by atoms with van der Waals surface area (Å²) in [5, 5.41) is 8.81. The van der Waals surface area contributed by atoms with Crippen LogP contribution in [-0.4, -0.2) is 20.7 Å². The molecule has 2 aromatic heterocycles. The predicted octanol–water partition coefficient (Wildman–Crippen LogP) is 5.82. The molecule has 5 nitrogen and oxygen atoms in total. The number of rotatable bonds is 5. The summed E-state index contributed by atoms with van der Waals surface area (Å²) in [5.74, 6) is -0.308. The standard InChI is InChI=1S/C22H15Cl3N4O/c23-17-7-2-1-6-16(17)20-12-21(22(30)27-13-14-5-3-4-10-26-14)29(28-20)15-8-9-18(24)19(25)11-15/h1-12H,13H2,(H,27,30). The van der Waals surface area contributed by atoms with Crippen molar-refractivity contribution in [3.05, 3.63) is 99.4 Å². The van der Waals surface area contributed by atoms with Crippen LogP contribution < -0.4 is 5.32 Å². The molecule has 0 aliphatic rings. The van der Waals surface area contributed by atoms with Crippen molar-refractivity contribution in [1.82, 2.24) is 20.1 Å². The third kappa shape index (κ3) is 4.33. The Morgan fingerprint density at radius 1 is 0.900 bits per heavy atom. The van der Waals surface area contributed by atoms with E-state index in [-0.39, 0.29) is 12.5 Å². The van der Waals surface area contributed by atoms with E-state index in [2.05, 4.69) is 15.4 Å². The van der Waals surface area contributed by atoms with Crippen molar-refractivity contribution in [1.29, 1.82) is 0 Å². The Morgan fingerprint density at radius 2 is 1.70 bits per heavy atom. The van der Waals surface area contributed by atoms with Crippen molar-refractivity contribution in [2.24, 2.45) is 0 Å². The molecule has 1 amide bonds. The van der Waals surface area contributed by atoms with Gasteiger partial charge in [0.25, 0.3) is 5.91 Å². The molecule has 4 rings (SSSR count). The van der Waals surface area contributed by atoms with Gasteiger partial charge in [0.05, 0.1) is 38.7 Å². The van der Waals surface area contributed by atoms with Crippen LogP contribution in [0.1, 0.15) is 16.2 Å². The number of halogens is 3. The van der Waals surface area contributed by atoms with Crippen LogP contribution in [0.5, 0.6) is 0 Å². The minimum atomic E-state index is -0.308. The van der Waals surface area contributed by atoms with Crippen molar-refractivity contribution in [3.63, 3.8) is 0 Å². The monoisotopic (exact) mass is 456 g/mol. The van der Waals surface area contributed by atoms with E-state index in [9.17, 15) is 4.79 Å². The van der Waals surface area contributed by atoms with Gasteiger partial charge in [-0.15, -0.1) is 0 Å². The number of carbonyl (C=O) groups excluding carboxylic acids is 1. The zero-order chi connectivity index (χ0) is 21.1. The van der Waals surface area contributed by atoms with E-state index < -0.39 is 0 Å². The number of carbonyl (C=O) groups is 1. The maximum Gasteiger partial charge on any atom is 0.270 e. The fourth-order valence-corrected chi connectivity index (χ4v) is 3.45. The zero-order valence-electron chi connectivity index (χ0n) is 15.5. The van der Waals surface area contributed by atoms with Crippen molar-refractivity contribution in [3.8, 4) is 16.9 Å². The fourth-order valence-electron chi connectivity index (χ4n) is 2.92. The van der Waals surface area contributed by atoms with E-state index in [1.54, 1.807) is 36.5 Å². The molecular weight excluding hydrogens is 443 g/mol. The summed E-state index contributed by atoms with van der Waals surface area (Å²) in [6.07, 6.45) is 1.68. The molecule has 0 bridgehead atoms. The van der Waals surface area contributed by atoms with E-state index in [0.29, 0.717) is 32.1 Å². The van der Waals surface area contributed by atoms with Gasteiger partial charge in [0.15, 0.2) is 0 Å². The van der Waals surface area contributed by atoms with Crippen LogP contribution in [0.3, 0.4) is 0 Å². The molecule has 0 saturated heterocycles. The van der Waals surface area contributed by atoms with Gasteiger partial charge in [-0.05, 0) is 42.5 Å². The molecule has 0 aliphatic heterocycles. The second-order valence-electron chi connectivity index (χ2n) is 6.41. The highest BCUT2D eigenvalue weighted by molar-refractivity contribution is 6.42. The highest BCUT2D eigenvalue weighted by Gasteiger charge is 2.19. The Hall–Kier alpha value is -2.86. The third-order valence-electron chi connectivity index (χ3n) is 4.40. The average Bonchev–Trinajstić information content (AvgIpc) is 3.20. The number of nitrogens with zero attached hydrogens (tertiary/aromatic N) is 3. The van der Waals surface area contributed by atoms with E-state index >= 15 is 0 Å². The van der Waals surface area contributed by atoms with Crippen LogP contribution in [0.15, 0.2) is 72.9 Å². The smallest absolute Gasteiger partial charge is 0.270 e. The molecule has 0 aliphatic carbocycles. The van der Waals surface area contributed by atoms with Gasteiger partial charge in [0, 0.05) is 11.8 Å². The summed E-state index contributed by atoms with van der Waals surface area (Å²) in [5.41, 5.74) is 2.97. The van der Waals surface area contributed by atoms with E-state index in [1.165, 1.54) is 4.68 Å². The lowest BCUT2D eigenvalue weighted by molar-refractivity contribution is 0.0942. The molecule has 0 unspecified atom stereocenters. The number of hydrogen-bond donors (Lipinski definition) is 1. The van der Waals surface area contributed by atoms with Gasteiger partial charge >= 0.3 is 0 Å². The quantitative estimate of drug-likeness (QED) is 0.410. The molecule has 4 aromatic rings. The van der Waals surface area contributed by atoms with Crippen LogP contribution in [-0.2, 0) is 6.54 Å². The van der Waals surface area contributed by atoms with Crippen molar-refractivity contribution < 1.29 is 4.79 Å². The van der Waals surface area contributed by atoms with Gasteiger partial charge < -0.3 is 5.32 Å². The molecule has 0 radical (unpaired) electrons. The first-order valence-corrected chi connectivity index (χ1v) is 10.1. The Kier molecular flexibility index (Phi) is 6.04. The van der Waals surface area contributed by atoms with Crippen molar-refractivity contribution >= 4 is 40.7 Å². The summed E-state index contributed by atoms with van der Waals surface area (Å²) < 4.78 is 1.52. The fraction of sp³-hybridized carbons (Fsp3) is 0.0455. The molecule has 0 saturated carbocycles. The highest BCUT2D eigenvalue weighted by atomic mass is 35.5. The van der Waals surface area contributed by atoms with Crippen LogP contribution >= 0.6 is 34.8 Å². The summed E-state index contributed by atoms with van der Waals surface area (Å²) in [7, 11) is 0. The molecule has 0 atom stereocenters. The van der Waals surface area contributed by atoms with Crippen molar-refractivity contribution in [2.75, 3.05) is 0 Å². The lowest BCUT2D eigenvalue weighted by atomic mass is 10.1. The van der Waals surface area contributed by atoms with Gasteiger partial charge in [-0.25, -0.2) is 4.68 Å². The Balaban J connectivity index is 1.74. The van der Waals surface area contributed by atoms with Crippen LogP contribution in [0.25, 0.3) is 16.9 Å². The first kappa shape index (κ1) is 20.4. The molecule has 2 aromatic carbocycles. The molecule has 150 valence electrons. The first-order valence-electron chi connectivity index (χ1n) is 9.01. The SMILES string of the molecule is O=C(NCc1ccccn1)c1cc(-c2ccccc2Cl)nn1-c1ccc(Cl)c(Cl)c1. The van der Waals surface area contributed by atoms with E-state index in [0.717, 1.165) is 11.3 Å². The highest BCUT2D eigenvalue weighted by Crippen LogP contribution is 2.30. The summed E-state index contributed by atoms with van der Waals surface area (Å²) >= 11 is 18.6. The summed E-state index contributed by atoms with van der Waals surface area (Å²) in [6, 6.07) is 19.6. The lowest BCUT2D eigenvalue weighted by Crippen LogP contribution is -2.25. The third-order valence-corrected chi connectivity index (χ3v) is 5.46. The minimum Gasteiger partial charge on any atom is -0.345 e. The summed E-state index contributed by atoms with van der Waals surface area (Å²) in [4.78, 5) is 17.2. The van der Waals surface area contributed by atoms with E-state index in [1.807, 2.05) is 36.4 Å². The molecule has 1 N–H and O–H groups in total. The van der Waals surface area contributed by atoms with Gasteiger partial charge in [0.2, 0.25) is 0 Å². The Morgan fingerprint density at radius 3 is 2.43 bits per heavy atom. The number of hydrogen-bond acceptors (Lipinski definition) is 3. The Labute approximate surface area is 188 Å². The van der Waals surface area contributed by atoms with Gasteiger partial charge in [-0.2, -0.15) is 5.10 Å². The molecular formula is C22H15Cl3N4O.